The predicted octanol–water partition coefficient (Wildman–Crippen LogP) is 2.40. The summed E-state index contributed by atoms with van der Waals surface area (Å²) in [5.74, 6) is 2.43. The monoisotopic (exact) mass is 297 g/mol. The summed E-state index contributed by atoms with van der Waals surface area (Å²) >= 11 is 2.01. The van der Waals surface area contributed by atoms with Crippen LogP contribution in [-0.4, -0.2) is 45.7 Å². The molecular formula is C13H23N5OS. The molecule has 2 heterocycles. The number of hydrogen-bond donors (Lipinski definition) is 2. The maximum Gasteiger partial charge on any atom is 0.323 e. The minimum Gasteiger partial charge on any atom is -0.464 e. The SMILES string of the molecule is CCCNc1nc(NCC2CCCS2)nc(OCC)n1. The molecule has 0 aromatic carbocycles. The Hall–Kier alpha value is -1.24. The van der Waals surface area contributed by atoms with Crippen LogP contribution >= 0.6 is 11.8 Å². The zero-order valence-corrected chi connectivity index (χ0v) is 13.0. The lowest BCUT2D eigenvalue weighted by atomic mass is 10.2. The lowest BCUT2D eigenvalue weighted by Gasteiger charge is -2.12. The lowest BCUT2D eigenvalue weighted by molar-refractivity contribution is 0.312. The molecule has 1 aliphatic heterocycles. The molecule has 2 rings (SSSR count). The molecule has 1 unspecified atom stereocenters. The highest BCUT2D eigenvalue weighted by Crippen LogP contribution is 2.26. The van der Waals surface area contributed by atoms with Crippen LogP contribution in [0.4, 0.5) is 11.9 Å². The minimum absolute atomic E-state index is 0.377. The Morgan fingerprint density at radius 1 is 1.20 bits per heavy atom. The van der Waals surface area contributed by atoms with Crippen LogP contribution in [0.1, 0.15) is 33.1 Å². The first kappa shape index (κ1) is 15.2. The number of aromatic nitrogens is 3. The summed E-state index contributed by atoms with van der Waals surface area (Å²) in [6.07, 6.45) is 3.60. The van der Waals surface area contributed by atoms with E-state index < -0.39 is 0 Å². The molecule has 2 N–H and O–H groups in total. The Morgan fingerprint density at radius 2 is 2.00 bits per heavy atom. The molecule has 1 aromatic heterocycles. The predicted molar refractivity (Wildman–Crippen MR) is 83.7 cm³/mol. The van der Waals surface area contributed by atoms with E-state index in [1.807, 2.05) is 18.7 Å². The van der Waals surface area contributed by atoms with Crippen molar-refractivity contribution < 1.29 is 4.74 Å². The van der Waals surface area contributed by atoms with Gasteiger partial charge in [-0.15, -0.1) is 0 Å². The van der Waals surface area contributed by atoms with Crippen LogP contribution in [0.15, 0.2) is 0 Å². The molecule has 112 valence electrons. The van der Waals surface area contributed by atoms with E-state index in [1.165, 1.54) is 18.6 Å². The zero-order valence-electron chi connectivity index (χ0n) is 12.2. The van der Waals surface area contributed by atoms with Gasteiger partial charge in [0.25, 0.3) is 0 Å². The van der Waals surface area contributed by atoms with Crippen molar-refractivity contribution in [2.75, 3.05) is 36.1 Å². The van der Waals surface area contributed by atoms with Gasteiger partial charge in [-0.1, -0.05) is 6.92 Å². The second-order valence-corrected chi connectivity index (χ2v) is 6.05. The third-order valence-electron chi connectivity index (χ3n) is 2.93. The molecule has 0 spiro atoms. The molecule has 1 saturated heterocycles. The Kier molecular flexibility index (Phi) is 6.17. The zero-order chi connectivity index (χ0) is 14.2. The summed E-state index contributed by atoms with van der Waals surface area (Å²) < 4.78 is 5.39. The van der Waals surface area contributed by atoms with E-state index in [4.69, 9.17) is 4.74 Å². The molecule has 0 bridgehead atoms. The van der Waals surface area contributed by atoms with Crippen molar-refractivity contribution in [2.45, 2.75) is 38.4 Å². The average molecular weight is 297 g/mol. The number of anilines is 2. The maximum atomic E-state index is 5.39. The van der Waals surface area contributed by atoms with Gasteiger partial charge in [-0.25, -0.2) is 0 Å². The molecule has 1 atom stereocenters. The van der Waals surface area contributed by atoms with Crippen molar-refractivity contribution in [1.82, 2.24) is 15.0 Å². The van der Waals surface area contributed by atoms with Gasteiger partial charge in [0.1, 0.15) is 0 Å². The quantitative estimate of drug-likeness (QED) is 0.763. The van der Waals surface area contributed by atoms with E-state index in [-0.39, 0.29) is 0 Å². The Bertz CT molecular complexity index is 412. The van der Waals surface area contributed by atoms with E-state index in [0.29, 0.717) is 29.8 Å². The minimum atomic E-state index is 0.377. The van der Waals surface area contributed by atoms with Crippen LogP contribution in [0.3, 0.4) is 0 Å². The molecule has 0 radical (unpaired) electrons. The number of nitrogens with zero attached hydrogens (tertiary/aromatic N) is 3. The number of nitrogens with one attached hydrogen (secondary N) is 2. The molecule has 0 amide bonds. The van der Waals surface area contributed by atoms with Gasteiger partial charge in [0, 0.05) is 18.3 Å². The summed E-state index contributed by atoms with van der Waals surface area (Å²) in [5.41, 5.74) is 0. The van der Waals surface area contributed by atoms with Gasteiger partial charge in [0.2, 0.25) is 11.9 Å². The third-order valence-corrected chi connectivity index (χ3v) is 4.33. The van der Waals surface area contributed by atoms with Crippen LogP contribution in [-0.2, 0) is 0 Å². The van der Waals surface area contributed by atoms with Gasteiger partial charge in [0.15, 0.2) is 0 Å². The summed E-state index contributed by atoms with van der Waals surface area (Å²) in [6, 6.07) is 0.377. The molecule has 1 aromatic rings. The smallest absolute Gasteiger partial charge is 0.323 e. The normalized spacial score (nSPS) is 18.0. The third kappa shape index (κ3) is 4.70. The number of thioether (sulfide) groups is 1. The highest BCUT2D eigenvalue weighted by Gasteiger charge is 2.16. The van der Waals surface area contributed by atoms with Crippen LogP contribution < -0.4 is 15.4 Å². The van der Waals surface area contributed by atoms with Gasteiger partial charge in [-0.2, -0.15) is 26.7 Å². The Labute approximate surface area is 124 Å². The van der Waals surface area contributed by atoms with Crippen molar-refractivity contribution in [1.29, 1.82) is 0 Å². The van der Waals surface area contributed by atoms with E-state index in [9.17, 15) is 0 Å². The molecule has 20 heavy (non-hydrogen) atoms. The largest absolute Gasteiger partial charge is 0.464 e. The van der Waals surface area contributed by atoms with Crippen LogP contribution in [0, 0.1) is 0 Å². The summed E-state index contributed by atoms with van der Waals surface area (Å²) in [4.78, 5) is 12.9. The van der Waals surface area contributed by atoms with Crippen molar-refractivity contribution >= 4 is 23.7 Å². The van der Waals surface area contributed by atoms with Gasteiger partial charge in [-0.05, 0) is 31.9 Å². The average Bonchev–Trinajstić information content (AvgIpc) is 2.96. The molecule has 1 fully saturated rings. The first-order valence-corrected chi connectivity index (χ1v) is 8.35. The van der Waals surface area contributed by atoms with Crippen molar-refractivity contribution in [3.8, 4) is 6.01 Å². The summed E-state index contributed by atoms with van der Waals surface area (Å²) in [5, 5.41) is 7.13. The molecule has 0 saturated carbocycles. The van der Waals surface area contributed by atoms with E-state index >= 15 is 0 Å². The molecule has 0 aliphatic carbocycles. The number of ether oxygens (including phenoxy) is 1. The fourth-order valence-electron chi connectivity index (χ4n) is 1.96. The summed E-state index contributed by atoms with van der Waals surface area (Å²) in [7, 11) is 0. The highest BCUT2D eigenvalue weighted by molar-refractivity contribution is 8.00. The second kappa shape index (κ2) is 8.14. The van der Waals surface area contributed by atoms with E-state index in [0.717, 1.165) is 19.5 Å². The molecule has 7 heteroatoms. The van der Waals surface area contributed by atoms with Gasteiger partial charge >= 0.3 is 6.01 Å². The standard InChI is InChI=1S/C13H23N5OS/c1-3-7-14-11-16-12(18-13(17-11)19-4-2)15-9-10-6-5-8-20-10/h10H,3-9H2,1-2H3,(H2,14,15,16,17,18). The van der Waals surface area contributed by atoms with Gasteiger partial charge in [-0.3, -0.25) is 0 Å². The second-order valence-electron chi connectivity index (χ2n) is 4.64. The first-order valence-electron chi connectivity index (χ1n) is 7.30. The Balaban J connectivity index is 1.98. The maximum absolute atomic E-state index is 5.39. The van der Waals surface area contributed by atoms with E-state index in [2.05, 4.69) is 32.5 Å². The summed E-state index contributed by atoms with van der Waals surface area (Å²) in [6.45, 7) is 6.31. The van der Waals surface area contributed by atoms with Crippen molar-refractivity contribution in [3.05, 3.63) is 0 Å². The van der Waals surface area contributed by atoms with Crippen molar-refractivity contribution in [2.24, 2.45) is 0 Å². The number of rotatable bonds is 8. The van der Waals surface area contributed by atoms with E-state index in [1.54, 1.807) is 0 Å². The molecule has 1 aliphatic rings. The first-order chi connectivity index (χ1) is 9.81. The van der Waals surface area contributed by atoms with Crippen LogP contribution in [0.25, 0.3) is 0 Å². The van der Waals surface area contributed by atoms with Crippen LogP contribution in [0.5, 0.6) is 6.01 Å². The molecular weight excluding hydrogens is 274 g/mol. The molecule has 6 nitrogen and oxygen atoms in total. The van der Waals surface area contributed by atoms with Crippen molar-refractivity contribution in [3.63, 3.8) is 0 Å². The van der Waals surface area contributed by atoms with Gasteiger partial charge < -0.3 is 15.4 Å². The Morgan fingerprint density at radius 3 is 2.65 bits per heavy atom. The number of hydrogen-bond acceptors (Lipinski definition) is 7. The lowest BCUT2D eigenvalue weighted by Crippen LogP contribution is -2.17. The highest BCUT2D eigenvalue weighted by atomic mass is 32.2. The topological polar surface area (TPSA) is 72.0 Å². The van der Waals surface area contributed by atoms with Crippen LogP contribution in [0.2, 0.25) is 0 Å². The fraction of sp³-hybridized carbons (Fsp3) is 0.769. The fourth-order valence-corrected chi connectivity index (χ4v) is 3.16. The van der Waals surface area contributed by atoms with Gasteiger partial charge in [0.05, 0.1) is 6.61 Å².